The van der Waals surface area contributed by atoms with Crippen molar-refractivity contribution in [2.75, 3.05) is 0 Å². The molecule has 0 saturated carbocycles. The normalized spacial score (nSPS) is 12.4. The molecule has 0 heterocycles. The second-order valence-electron chi connectivity index (χ2n) is 5.66. The first-order chi connectivity index (χ1) is 7.63. The number of halogens is 1. The zero-order valence-electron chi connectivity index (χ0n) is 11.0. The van der Waals surface area contributed by atoms with Crippen LogP contribution in [0, 0.1) is 0 Å². The fourth-order valence-corrected chi connectivity index (χ4v) is 1.40. The van der Waals surface area contributed by atoms with Crippen LogP contribution in [-0.2, 0) is 10.2 Å². The molecule has 0 N–H and O–H groups in total. The molecule has 0 atom stereocenters. The van der Waals surface area contributed by atoms with E-state index in [0.29, 0.717) is 5.75 Å². The summed E-state index contributed by atoms with van der Waals surface area (Å²) in [5, 5.41) is -0.501. The summed E-state index contributed by atoms with van der Waals surface area (Å²) in [7, 11) is 0. The van der Waals surface area contributed by atoms with Crippen LogP contribution in [0.2, 0.25) is 0 Å². The average molecular weight is 255 g/mol. The first-order valence-electron chi connectivity index (χ1n) is 5.62. The highest BCUT2D eigenvalue weighted by atomic mass is 35.5. The molecule has 0 amide bonds. The number of carbonyl (C=O) groups excluding carboxylic acids is 1. The third-order valence-corrected chi connectivity index (χ3v) is 3.00. The zero-order chi connectivity index (χ0) is 13.3. The second kappa shape index (κ2) is 4.69. The van der Waals surface area contributed by atoms with E-state index in [-0.39, 0.29) is 5.41 Å². The SMILES string of the molecule is CC(C)(Oc1cccc(C(C)(C)C)c1)C(=O)Cl. The van der Waals surface area contributed by atoms with Crippen LogP contribution >= 0.6 is 11.6 Å². The summed E-state index contributed by atoms with van der Waals surface area (Å²) >= 11 is 5.49. The van der Waals surface area contributed by atoms with Gasteiger partial charge in [0, 0.05) is 0 Å². The molecule has 0 aliphatic heterocycles. The van der Waals surface area contributed by atoms with Gasteiger partial charge in [0.15, 0.2) is 5.60 Å². The average Bonchev–Trinajstić information content (AvgIpc) is 2.15. The summed E-state index contributed by atoms with van der Waals surface area (Å²) in [6, 6.07) is 7.74. The highest BCUT2D eigenvalue weighted by Crippen LogP contribution is 2.27. The summed E-state index contributed by atoms with van der Waals surface area (Å²) in [6.45, 7) is 9.70. The predicted molar refractivity (Wildman–Crippen MR) is 70.7 cm³/mol. The van der Waals surface area contributed by atoms with Gasteiger partial charge in [0.1, 0.15) is 5.75 Å². The smallest absolute Gasteiger partial charge is 0.264 e. The third-order valence-electron chi connectivity index (χ3n) is 2.55. The van der Waals surface area contributed by atoms with E-state index in [1.165, 1.54) is 0 Å². The van der Waals surface area contributed by atoms with Gasteiger partial charge >= 0.3 is 0 Å². The Kier molecular flexibility index (Phi) is 3.88. The molecule has 3 heteroatoms. The molecule has 1 rings (SSSR count). The quantitative estimate of drug-likeness (QED) is 0.765. The van der Waals surface area contributed by atoms with Crippen LogP contribution in [0.1, 0.15) is 40.2 Å². The second-order valence-corrected chi connectivity index (χ2v) is 6.01. The molecular weight excluding hydrogens is 236 g/mol. The van der Waals surface area contributed by atoms with Crippen LogP contribution in [0.25, 0.3) is 0 Å². The molecule has 0 fully saturated rings. The van der Waals surface area contributed by atoms with E-state index in [4.69, 9.17) is 16.3 Å². The minimum atomic E-state index is -1.00. The number of ether oxygens (including phenoxy) is 1. The third kappa shape index (κ3) is 3.74. The Hall–Kier alpha value is -1.02. The lowest BCUT2D eigenvalue weighted by atomic mass is 9.87. The van der Waals surface area contributed by atoms with Gasteiger partial charge in [-0.15, -0.1) is 0 Å². The largest absolute Gasteiger partial charge is 0.479 e. The van der Waals surface area contributed by atoms with E-state index in [9.17, 15) is 4.79 Å². The molecule has 2 nitrogen and oxygen atoms in total. The maximum atomic E-state index is 11.2. The molecule has 0 aliphatic carbocycles. The molecule has 1 aromatic rings. The summed E-state index contributed by atoms with van der Waals surface area (Å²) in [4.78, 5) is 11.2. The molecule has 0 spiro atoms. The number of hydrogen-bond acceptors (Lipinski definition) is 2. The van der Waals surface area contributed by atoms with Crippen molar-refractivity contribution in [3.63, 3.8) is 0 Å². The topological polar surface area (TPSA) is 26.3 Å². The molecule has 0 aliphatic rings. The Labute approximate surface area is 108 Å². The first-order valence-corrected chi connectivity index (χ1v) is 6.00. The highest BCUT2D eigenvalue weighted by molar-refractivity contribution is 6.65. The summed E-state index contributed by atoms with van der Waals surface area (Å²) in [5.41, 5.74) is 0.208. The molecule has 17 heavy (non-hydrogen) atoms. The number of benzene rings is 1. The summed E-state index contributed by atoms with van der Waals surface area (Å²) in [5.74, 6) is 0.663. The molecule has 94 valence electrons. The predicted octanol–water partition coefficient (Wildman–Crippen LogP) is 3.91. The monoisotopic (exact) mass is 254 g/mol. The summed E-state index contributed by atoms with van der Waals surface area (Å²) in [6.07, 6.45) is 0. The fourth-order valence-electron chi connectivity index (χ4n) is 1.36. The Morgan fingerprint density at radius 2 is 1.76 bits per heavy atom. The van der Waals surface area contributed by atoms with Crippen molar-refractivity contribution in [3.05, 3.63) is 29.8 Å². The van der Waals surface area contributed by atoms with Crippen LogP contribution < -0.4 is 4.74 Å². The lowest BCUT2D eigenvalue weighted by Crippen LogP contribution is -2.35. The van der Waals surface area contributed by atoms with Gasteiger partial charge in [-0.05, 0) is 48.6 Å². The lowest BCUT2D eigenvalue weighted by molar-refractivity contribution is -0.123. The van der Waals surface area contributed by atoms with Crippen LogP contribution in [0.5, 0.6) is 5.75 Å². The molecule has 0 bridgehead atoms. The maximum Gasteiger partial charge on any atom is 0.264 e. The number of rotatable bonds is 3. The van der Waals surface area contributed by atoms with Crippen molar-refractivity contribution in [1.29, 1.82) is 0 Å². The van der Waals surface area contributed by atoms with Crippen molar-refractivity contribution in [1.82, 2.24) is 0 Å². The molecule has 0 aromatic heterocycles. The van der Waals surface area contributed by atoms with E-state index in [0.717, 1.165) is 5.56 Å². The van der Waals surface area contributed by atoms with Crippen LogP contribution in [0.4, 0.5) is 0 Å². The van der Waals surface area contributed by atoms with Crippen molar-refractivity contribution >= 4 is 16.8 Å². The van der Waals surface area contributed by atoms with Crippen LogP contribution in [0.3, 0.4) is 0 Å². The van der Waals surface area contributed by atoms with Crippen molar-refractivity contribution in [2.45, 2.75) is 45.6 Å². The molecule has 1 aromatic carbocycles. The molecule has 0 saturated heterocycles. The standard InChI is InChI=1S/C14H19ClO2/c1-13(2,3)10-7-6-8-11(9-10)17-14(4,5)12(15)16/h6-9H,1-5H3. The van der Waals surface area contributed by atoms with Gasteiger partial charge in [0.05, 0.1) is 0 Å². The van der Waals surface area contributed by atoms with Crippen LogP contribution in [0.15, 0.2) is 24.3 Å². The van der Waals surface area contributed by atoms with Gasteiger partial charge in [-0.3, -0.25) is 4.79 Å². The Morgan fingerprint density at radius 3 is 2.24 bits per heavy atom. The van der Waals surface area contributed by atoms with E-state index >= 15 is 0 Å². The van der Waals surface area contributed by atoms with Gasteiger partial charge in [-0.25, -0.2) is 0 Å². The minimum Gasteiger partial charge on any atom is -0.479 e. The zero-order valence-corrected chi connectivity index (χ0v) is 11.8. The Bertz CT molecular complexity index is 416. The molecular formula is C14H19ClO2. The van der Waals surface area contributed by atoms with Gasteiger partial charge in [0.2, 0.25) is 0 Å². The minimum absolute atomic E-state index is 0.0501. The number of carbonyl (C=O) groups is 1. The first kappa shape index (κ1) is 14.0. The Morgan fingerprint density at radius 1 is 1.18 bits per heavy atom. The fraction of sp³-hybridized carbons (Fsp3) is 0.500. The molecule has 0 unspecified atom stereocenters. The van der Waals surface area contributed by atoms with Gasteiger partial charge in [-0.1, -0.05) is 32.9 Å². The van der Waals surface area contributed by atoms with Gasteiger partial charge in [0.25, 0.3) is 5.24 Å². The van der Waals surface area contributed by atoms with Crippen molar-refractivity contribution in [2.24, 2.45) is 0 Å². The van der Waals surface area contributed by atoms with E-state index in [1.54, 1.807) is 13.8 Å². The lowest BCUT2D eigenvalue weighted by Gasteiger charge is -2.24. The van der Waals surface area contributed by atoms with Gasteiger partial charge < -0.3 is 4.74 Å². The van der Waals surface area contributed by atoms with E-state index in [2.05, 4.69) is 20.8 Å². The summed E-state index contributed by atoms with van der Waals surface area (Å²) < 4.78 is 5.62. The maximum absolute atomic E-state index is 11.2. The van der Waals surface area contributed by atoms with E-state index < -0.39 is 10.8 Å². The molecule has 0 radical (unpaired) electrons. The Balaban J connectivity index is 2.98. The van der Waals surface area contributed by atoms with Crippen molar-refractivity contribution in [3.8, 4) is 5.75 Å². The van der Waals surface area contributed by atoms with Crippen LogP contribution in [-0.4, -0.2) is 10.8 Å². The van der Waals surface area contributed by atoms with Crippen molar-refractivity contribution < 1.29 is 9.53 Å². The van der Waals surface area contributed by atoms with Gasteiger partial charge in [-0.2, -0.15) is 0 Å². The highest BCUT2D eigenvalue weighted by Gasteiger charge is 2.28. The number of hydrogen-bond donors (Lipinski definition) is 0. The van der Waals surface area contributed by atoms with E-state index in [1.807, 2.05) is 24.3 Å².